The highest BCUT2D eigenvalue weighted by atomic mass is 35.5. The molecule has 0 aliphatic carbocycles. The molecule has 1 aromatic heterocycles. The van der Waals surface area contributed by atoms with Gasteiger partial charge in [-0.2, -0.15) is 0 Å². The largest absolute Gasteiger partial charge is 0.336 e. The number of hydrogen-bond acceptors (Lipinski definition) is 3. The lowest BCUT2D eigenvalue weighted by atomic mass is 10.1. The number of imidazole rings is 1. The van der Waals surface area contributed by atoms with Gasteiger partial charge in [-0.15, -0.1) is 0 Å². The van der Waals surface area contributed by atoms with Crippen LogP contribution in [0.3, 0.4) is 0 Å². The third-order valence-electron chi connectivity index (χ3n) is 2.47. The first-order chi connectivity index (χ1) is 8.70. The monoisotopic (exact) mass is 300 g/mol. The van der Waals surface area contributed by atoms with E-state index < -0.39 is 0 Å². The zero-order valence-electron chi connectivity index (χ0n) is 9.29. The third-order valence-corrected chi connectivity index (χ3v) is 3.87. The molecule has 0 fully saturated rings. The summed E-state index contributed by atoms with van der Waals surface area (Å²) in [4.78, 5) is 14.7. The van der Waals surface area contributed by atoms with Gasteiger partial charge < -0.3 is 4.57 Å². The molecule has 2 rings (SSSR count). The predicted molar refractivity (Wildman–Crippen MR) is 75.8 cm³/mol. The summed E-state index contributed by atoms with van der Waals surface area (Å²) in [5, 5.41) is 1.10. The van der Waals surface area contributed by atoms with Crippen molar-refractivity contribution in [1.82, 2.24) is 9.55 Å². The molecular formula is C12H10Cl2N2OS. The molecule has 0 saturated carbocycles. The number of nitrogens with zero attached hydrogens (tertiary/aromatic N) is 2. The summed E-state index contributed by atoms with van der Waals surface area (Å²) in [7, 11) is 0. The van der Waals surface area contributed by atoms with Gasteiger partial charge in [-0.25, -0.2) is 4.98 Å². The number of benzene rings is 1. The first-order valence-electron chi connectivity index (χ1n) is 5.20. The van der Waals surface area contributed by atoms with E-state index >= 15 is 0 Å². The number of aromatic nitrogens is 2. The van der Waals surface area contributed by atoms with Gasteiger partial charge in [-0.1, -0.05) is 41.0 Å². The van der Waals surface area contributed by atoms with Gasteiger partial charge in [0, 0.05) is 29.0 Å². The molecular weight excluding hydrogens is 291 g/mol. The summed E-state index contributed by atoms with van der Waals surface area (Å²) in [6.07, 6.45) is 5.26. The van der Waals surface area contributed by atoms with Crippen molar-refractivity contribution in [2.75, 3.05) is 0 Å². The minimum Gasteiger partial charge on any atom is -0.336 e. The lowest BCUT2D eigenvalue weighted by Crippen LogP contribution is -2.05. The van der Waals surface area contributed by atoms with Gasteiger partial charge in [0.25, 0.3) is 0 Å². The summed E-state index contributed by atoms with van der Waals surface area (Å²) in [5.74, 6) is 0. The number of thioether (sulfide) groups is 1. The highest BCUT2D eigenvalue weighted by Crippen LogP contribution is 2.35. The van der Waals surface area contributed by atoms with Crippen LogP contribution in [0.25, 0.3) is 0 Å². The molecule has 0 aliphatic heterocycles. The molecule has 0 N–H and O–H groups in total. The van der Waals surface area contributed by atoms with Crippen LogP contribution in [0.15, 0.2) is 36.9 Å². The Labute approximate surface area is 119 Å². The highest BCUT2D eigenvalue weighted by Gasteiger charge is 2.16. The minimum atomic E-state index is -0.0542. The zero-order chi connectivity index (χ0) is 13.0. The summed E-state index contributed by atoms with van der Waals surface area (Å²) < 4.78 is 1.91. The van der Waals surface area contributed by atoms with Gasteiger partial charge in [0.1, 0.15) is 0 Å². The number of carbonyl (C=O) groups is 1. The third kappa shape index (κ3) is 3.28. The molecule has 0 saturated heterocycles. The van der Waals surface area contributed by atoms with E-state index in [4.69, 9.17) is 23.2 Å². The average molecular weight is 301 g/mol. The smallest absolute Gasteiger partial charge is 0.176 e. The molecule has 0 aliphatic rings. The molecule has 0 amide bonds. The van der Waals surface area contributed by atoms with Crippen molar-refractivity contribution in [2.45, 2.75) is 11.8 Å². The van der Waals surface area contributed by atoms with E-state index in [9.17, 15) is 4.79 Å². The van der Waals surface area contributed by atoms with Crippen molar-refractivity contribution in [1.29, 1.82) is 0 Å². The second kappa shape index (κ2) is 6.27. The molecule has 6 heteroatoms. The van der Waals surface area contributed by atoms with E-state index in [1.807, 2.05) is 16.8 Å². The van der Waals surface area contributed by atoms with Crippen LogP contribution < -0.4 is 0 Å². The van der Waals surface area contributed by atoms with Crippen LogP contribution in [0.2, 0.25) is 10.0 Å². The molecule has 3 nitrogen and oxygen atoms in total. The molecule has 0 spiro atoms. The van der Waals surface area contributed by atoms with Crippen molar-refractivity contribution in [2.24, 2.45) is 0 Å². The molecule has 1 heterocycles. The lowest BCUT2D eigenvalue weighted by molar-refractivity contribution is 0.569. The first-order valence-corrected chi connectivity index (χ1v) is 6.90. The van der Waals surface area contributed by atoms with Crippen molar-refractivity contribution in [3.05, 3.63) is 52.5 Å². The predicted octanol–water partition coefficient (Wildman–Crippen LogP) is 3.85. The van der Waals surface area contributed by atoms with E-state index in [1.165, 1.54) is 11.8 Å². The van der Waals surface area contributed by atoms with Crippen LogP contribution in [-0.2, 0) is 11.3 Å². The standard InChI is InChI=1S/C12H10Cl2N2OS/c13-9-1-2-10(11(14)5-9)12(18-8-17)6-16-4-3-15-7-16/h1-5,7-8,12H,6H2/t12-/m0/s1. The Morgan fingerprint density at radius 3 is 2.89 bits per heavy atom. The Balaban J connectivity index is 2.26. The van der Waals surface area contributed by atoms with E-state index in [0.717, 1.165) is 11.2 Å². The van der Waals surface area contributed by atoms with Crippen molar-refractivity contribution < 1.29 is 4.79 Å². The van der Waals surface area contributed by atoms with Gasteiger partial charge in [-0.3, -0.25) is 4.79 Å². The number of carbonyl (C=O) groups excluding carboxylic acids is 1. The molecule has 1 atom stereocenters. The topological polar surface area (TPSA) is 34.9 Å². The fourth-order valence-corrected chi connectivity index (χ4v) is 2.98. The SMILES string of the molecule is O=CS[C@@H](Cn1ccnc1)c1ccc(Cl)cc1Cl. The number of rotatable bonds is 5. The Hall–Kier alpha value is -0.970. The normalized spacial score (nSPS) is 12.3. The van der Waals surface area contributed by atoms with E-state index in [1.54, 1.807) is 24.7 Å². The van der Waals surface area contributed by atoms with Crippen LogP contribution >= 0.6 is 35.0 Å². The Morgan fingerprint density at radius 2 is 2.28 bits per heavy atom. The number of hydrogen-bond donors (Lipinski definition) is 0. The molecule has 94 valence electrons. The average Bonchev–Trinajstić information content (AvgIpc) is 2.81. The van der Waals surface area contributed by atoms with Crippen LogP contribution in [-0.4, -0.2) is 15.2 Å². The van der Waals surface area contributed by atoms with Crippen LogP contribution in [0, 0.1) is 0 Å². The van der Waals surface area contributed by atoms with Crippen LogP contribution in [0.4, 0.5) is 0 Å². The fourth-order valence-electron chi connectivity index (χ4n) is 1.63. The highest BCUT2D eigenvalue weighted by molar-refractivity contribution is 8.12. The summed E-state index contributed by atoms with van der Waals surface area (Å²) in [6, 6.07) is 5.31. The molecule has 0 unspecified atom stereocenters. The Morgan fingerprint density at radius 1 is 1.44 bits per heavy atom. The van der Waals surface area contributed by atoms with Crippen molar-refractivity contribution >= 4 is 40.6 Å². The molecule has 2 aromatic rings. The summed E-state index contributed by atoms with van der Waals surface area (Å²) in [5.41, 5.74) is 1.72. The fraction of sp³-hybridized carbons (Fsp3) is 0.167. The quantitative estimate of drug-likeness (QED) is 0.787. The molecule has 0 radical (unpaired) electrons. The van der Waals surface area contributed by atoms with E-state index in [2.05, 4.69) is 4.98 Å². The van der Waals surface area contributed by atoms with Gasteiger partial charge >= 0.3 is 0 Å². The maximum atomic E-state index is 10.8. The second-order valence-electron chi connectivity index (χ2n) is 3.65. The molecule has 18 heavy (non-hydrogen) atoms. The van der Waals surface area contributed by atoms with E-state index in [0.29, 0.717) is 16.6 Å². The first kappa shape index (κ1) is 13.5. The van der Waals surface area contributed by atoms with Crippen molar-refractivity contribution in [3.63, 3.8) is 0 Å². The maximum absolute atomic E-state index is 10.8. The van der Waals surface area contributed by atoms with Crippen LogP contribution in [0.5, 0.6) is 0 Å². The van der Waals surface area contributed by atoms with Gasteiger partial charge in [-0.05, 0) is 17.7 Å². The Bertz CT molecular complexity index is 531. The molecule has 0 bridgehead atoms. The van der Waals surface area contributed by atoms with E-state index in [-0.39, 0.29) is 5.25 Å². The van der Waals surface area contributed by atoms with Gasteiger partial charge in [0.15, 0.2) is 5.62 Å². The minimum absolute atomic E-state index is 0.0542. The number of halogens is 2. The van der Waals surface area contributed by atoms with Gasteiger partial charge in [0.2, 0.25) is 0 Å². The lowest BCUT2D eigenvalue weighted by Gasteiger charge is -2.16. The summed E-state index contributed by atoms with van der Waals surface area (Å²) in [6.45, 7) is 0.630. The second-order valence-corrected chi connectivity index (χ2v) is 5.52. The molecule has 1 aromatic carbocycles. The van der Waals surface area contributed by atoms with Crippen molar-refractivity contribution in [3.8, 4) is 0 Å². The summed E-state index contributed by atoms with van der Waals surface area (Å²) >= 11 is 13.2. The Kier molecular flexibility index (Phi) is 4.69. The van der Waals surface area contributed by atoms with Gasteiger partial charge in [0.05, 0.1) is 11.6 Å². The van der Waals surface area contributed by atoms with Crippen LogP contribution in [0.1, 0.15) is 10.8 Å². The zero-order valence-corrected chi connectivity index (χ0v) is 11.6. The maximum Gasteiger partial charge on any atom is 0.176 e.